The summed E-state index contributed by atoms with van der Waals surface area (Å²) in [7, 11) is 2.12. The van der Waals surface area contributed by atoms with Gasteiger partial charge in [-0.05, 0) is 44.2 Å². The number of hydrogen-bond donors (Lipinski definition) is 1. The van der Waals surface area contributed by atoms with Gasteiger partial charge in [-0.3, -0.25) is 4.90 Å². The molecule has 0 saturated carbocycles. The standard InChI is InChI=1S/C22H23NO2S/c1-4-18(22(24)25)20-14-26-21-11-10-16(12-19(20)21)13-23(3)15(2)17-8-6-5-7-9-17/h4-12,14-15H,13H2,1-3H3,(H,24,25). The van der Waals surface area contributed by atoms with Crippen molar-refractivity contribution in [3.63, 3.8) is 0 Å². The van der Waals surface area contributed by atoms with E-state index in [4.69, 9.17) is 0 Å². The first kappa shape index (κ1) is 18.4. The summed E-state index contributed by atoms with van der Waals surface area (Å²) in [5.41, 5.74) is 3.64. The lowest BCUT2D eigenvalue weighted by Gasteiger charge is -2.25. The van der Waals surface area contributed by atoms with Crippen LogP contribution in [0.25, 0.3) is 15.7 Å². The monoisotopic (exact) mass is 365 g/mol. The van der Waals surface area contributed by atoms with Gasteiger partial charge in [0.1, 0.15) is 0 Å². The van der Waals surface area contributed by atoms with Crippen LogP contribution in [-0.2, 0) is 11.3 Å². The number of aliphatic carboxylic acids is 1. The largest absolute Gasteiger partial charge is 0.478 e. The SMILES string of the molecule is CC=C(C(=O)O)c1csc2ccc(CN(C)C(C)c3ccccc3)cc12. The van der Waals surface area contributed by atoms with Gasteiger partial charge in [-0.2, -0.15) is 0 Å². The summed E-state index contributed by atoms with van der Waals surface area (Å²) in [6, 6.07) is 17.1. The Hall–Kier alpha value is -2.43. The molecule has 26 heavy (non-hydrogen) atoms. The molecule has 4 heteroatoms. The van der Waals surface area contributed by atoms with Gasteiger partial charge in [-0.25, -0.2) is 4.79 Å². The summed E-state index contributed by atoms with van der Waals surface area (Å²) in [5, 5.41) is 12.4. The molecule has 134 valence electrons. The highest BCUT2D eigenvalue weighted by molar-refractivity contribution is 7.17. The first-order valence-corrected chi connectivity index (χ1v) is 9.54. The van der Waals surface area contributed by atoms with E-state index in [0.29, 0.717) is 11.6 Å². The Kier molecular flexibility index (Phi) is 5.55. The number of nitrogens with zero attached hydrogens (tertiary/aromatic N) is 1. The smallest absolute Gasteiger partial charge is 0.336 e. The molecule has 0 saturated heterocycles. The molecule has 1 aromatic heterocycles. The fraction of sp³-hybridized carbons (Fsp3) is 0.227. The van der Waals surface area contributed by atoms with E-state index in [9.17, 15) is 9.90 Å². The maximum atomic E-state index is 11.5. The average Bonchev–Trinajstić information content (AvgIpc) is 3.05. The van der Waals surface area contributed by atoms with Gasteiger partial charge >= 0.3 is 5.97 Å². The van der Waals surface area contributed by atoms with Crippen LogP contribution in [0.5, 0.6) is 0 Å². The van der Waals surface area contributed by atoms with Gasteiger partial charge < -0.3 is 5.11 Å². The lowest BCUT2D eigenvalue weighted by Crippen LogP contribution is -2.21. The van der Waals surface area contributed by atoms with Crippen molar-refractivity contribution in [2.45, 2.75) is 26.4 Å². The second kappa shape index (κ2) is 7.85. The highest BCUT2D eigenvalue weighted by Crippen LogP contribution is 2.32. The fourth-order valence-corrected chi connectivity index (χ4v) is 4.13. The minimum Gasteiger partial charge on any atom is -0.478 e. The summed E-state index contributed by atoms with van der Waals surface area (Å²) in [5.74, 6) is -0.882. The van der Waals surface area contributed by atoms with E-state index < -0.39 is 5.97 Å². The van der Waals surface area contributed by atoms with Crippen LogP contribution >= 0.6 is 11.3 Å². The third kappa shape index (κ3) is 3.71. The molecule has 0 aliphatic carbocycles. The summed E-state index contributed by atoms with van der Waals surface area (Å²) in [6.45, 7) is 4.78. The molecule has 1 atom stereocenters. The fourth-order valence-electron chi connectivity index (χ4n) is 3.19. The molecular weight excluding hydrogens is 342 g/mol. The number of carboxylic acid groups (broad SMARTS) is 1. The summed E-state index contributed by atoms with van der Waals surface area (Å²) >= 11 is 1.59. The molecule has 0 spiro atoms. The third-order valence-electron chi connectivity index (χ3n) is 4.82. The minimum atomic E-state index is -0.882. The van der Waals surface area contributed by atoms with Crippen LogP contribution in [0.1, 0.15) is 36.6 Å². The van der Waals surface area contributed by atoms with Gasteiger partial charge in [0.05, 0.1) is 5.57 Å². The van der Waals surface area contributed by atoms with Crippen molar-refractivity contribution in [2.24, 2.45) is 0 Å². The summed E-state index contributed by atoms with van der Waals surface area (Å²) in [6.07, 6.45) is 1.67. The second-order valence-electron chi connectivity index (χ2n) is 6.49. The number of benzene rings is 2. The Morgan fingerprint density at radius 2 is 1.96 bits per heavy atom. The first-order chi connectivity index (χ1) is 12.5. The molecule has 1 N–H and O–H groups in total. The van der Waals surface area contributed by atoms with Crippen LogP contribution in [-0.4, -0.2) is 23.0 Å². The quantitative estimate of drug-likeness (QED) is 0.580. The summed E-state index contributed by atoms with van der Waals surface area (Å²) in [4.78, 5) is 13.8. The predicted octanol–water partition coefficient (Wildman–Crippen LogP) is 5.58. The topological polar surface area (TPSA) is 40.5 Å². The van der Waals surface area contributed by atoms with Crippen LogP contribution in [0.3, 0.4) is 0 Å². The second-order valence-corrected chi connectivity index (χ2v) is 7.40. The van der Waals surface area contributed by atoms with E-state index in [1.165, 1.54) is 11.1 Å². The molecule has 0 bridgehead atoms. The molecule has 0 aliphatic rings. The van der Waals surface area contributed by atoms with E-state index >= 15 is 0 Å². The number of rotatable bonds is 6. The number of fused-ring (bicyclic) bond motifs is 1. The van der Waals surface area contributed by atoms with E-state index in [1.807, 2.05) is 11.4 Å². The Labute approximate surface area is 158 Å². The third-order valence-corrected chi connectivity index (χ3v) is 5.79. The van der Waals surface area contributed by atoms with Crippen molar-refractivity contribution >= 4 is 33.0 Å². The Morgan fingerprint density at radius 3 is 2.62 bits per heavy atom. The van der Waals surface area contributed by atoms with Gasteiger partial charge in [0.15, 0.2) is 0 Å². The van der Waals surface area contributed by atoms with Crippen LogP contribution in [0.15, 0.2) is 60.0 Å². The average molecular weight is 365 g/mol. The van der Waals surface area contributed by atoms with E-state index in [-0.39, 0.29) is 0 Å². The number of thiophene rings is 1. The van der Waals surface area contributed by atoms with E-state index in [1.54, 1.807) is 24.3 Å². The lowest BCUT2D eigenvalue weighted by molar-refractivity contribution is -0.130. The first-order valence-electron chi connectivity index (χ1n) is 8.66. The zero-order chi connectivity index (χ0) is 18.7. The Balaban J connectivity index is 1.88. The molecule has 3 nitrogen and oxygen atoms in total. The van der Waals surface area contributed by atoms with Crippen LogP contribution in [0.2, 0.25) is 0 Å². The zero-order valence-electron chi connectivity index (χ0n) is 15.3. The molecule has 0 fully saturated rings. The number of hydrogen-bond acceptors (Lipinski definition) is 3. The van der Waals surface area contributed by atoms with E-state index in [0.717, 1.165) is 22.2 Å². The summed E-state index contributed by atoms with van der Waals surface area (Å²) < 4.78 is 1.11. The molecule has 3 aromatic rings. The normalized spacial score (nSPS) is 13.3. The molecule has 0 radical (unpaired) electrons. The van der Waals surface area contributed by atoms with Gasteiger partial charge in [0, 0.05) is 33.6 Å². The van der Waals surface area contributed by atoms with Gasteiger partial charge in [-0.1, -0.05) is 42.5 Å². The van der Waals surface area contributed by atoms with Crippen molar-refractivity contribution in [1.82, 2.24) is 4.90 Å². The predicted molar refractivity (Wildman–Crippen MR) is 109 cm³/mol. The maximum absolute atomic E-state index is 11.5. The molecule has 1 unspecified atom stereocenters. The van der Waals surface area contributed by atoms with Crippen molar-refractivity contribution in [3.05, 3.63) is 76.7 Å². The number of carboxylic acids is 1. The van der Waals surface area contributed by atoms with Crippen molar-refractivity contribution in [3.8, 4) is 0 Å². The molecule has 2 aromatic carbocycles. The van der Waals surface area contributed by atoms with Gasteiger partial charge in [0.2, 0.25) is 0 Å². The highest BCUT2D eigenvalue weighted by Gasteiger charge is 2.16. The lowest BCUT2D eigenvalue weighted by atomic mass is 10.0. The van der Waals surface area contributed by atoms with Gasteiger partial charge in [0.25, 0.3) is 0 Å². The maximum Gasteiger partial charge on any atom is 0.336 e. The molecule has 0 amide bonds. The van der Waals surface area contributed by atoms with Crippen molar-refractivity contribution < 1.29 is 9.90 Å². The number of allylic oxidation sites excluding steroid dienone is 1. The molecular formula is C22H23NO2S. The zero-order valence-corrected chi connectivity index (χ0v) is 16.1. The van der Waals surface area contributed by atoms with Crippen molar-refractivity contribution in [1.29, 1.82) is 0 Å². The van der Waals surface area contributed by atoms with Crippen LogP contribution in [0, 0.1) is 0 Å². The van der Waals surface area contributed by atoms with Crippen LogP contribution in [0.4, 0.5) is 0 Å². The molecule has 1 heterocycles. The van der Waals surface area contributed by atoms with Gasteiger partial charge in [-0.15, -0.1) is 11.3 Å². The Bertz CT molecular complexity index is 943. The highest BCUT2D eigenvalue weighted by atomic mass is 32.1. The van der Waals surface area contributed by atoms with E-state index in [2.05, 4.69) is 61.3 Å². The van der Waals surface area contributed by atoms with Crippen molar-refractivity contribution in [2.75, 3.05) is 7.05 Å². The minimum absolute atomic E-state index is 0.305. The number of carbonyl (C=O) groups is 1. The molecule has 0 aliphatic heterocycles. The molecule has 3 rings (SSSR count). The Morgan fingerprint density at radius 1 is 1.23 bits per heavy atom. The van der Waals surface area contributed by atoms with Crippen LogP contribution < -0.4 is 0 Å².